The van der Waals surface area contributed by atoms with E-state index in [2.05, 4.69) is 32.0 Å². The van der Waals surface area contributed by atoms with Crippen molar-refractivity contribution in [3.8, 4) is 12.3 Å². The Morgan fingerprint density at radius 2 is 2.05 bits per heavy atom. The second kappa shape index (κ2) is 8.61. The summed E-state index contributed by atoms with van der Waals surface area (Å²) < 4.78 is 6.24. The van der Waals surface area contributed by atoms with E-state index in [4.69, 9.17) is 11.2 Å². The van der Waals surface area contributed by atoms with Gasteiger partial charge in [0.25, 0.3) is 0 Å². The molecule has 1 atom stereocenters. The van der Waals surface area contributed by atoms with E-state index < -0.39 is 0 Å². The van der Waals surface area contributed by atoms with Gasteiger partial charge >= 0.3 is 0 Å². The van der Waals surface area contributed by atoms with Crippen LogP contribution in [0.2, 0.25) is 0 Å². The molecule has 1 fully saturated rings. The van der Waals surface area contributed by atoms with Crippen LogP contribution < -0.4 is 5.32 Å². The van der Waals surface area contributed by atoms with Gasteiger partial charge in [-0.25, -0.2) is 0 Å². The number of rotatable bonds is 8. The molecule has 0 amide bonds. The van der Waals surface area contributed by atoms with Crippen molar-refractivity contribution in [1.82, 2.24) is 5.32 Å². The van der Waals surface area contributed by atoms with E-state index in [9.17, 15) is 0 Å². The summed E-state index contributed by atoms with van der Waals surface area (Å²) in [4.78, 5) is 0. The lowest BCUT2D eigenvalue weighted by Crippen LogP contribution is -2.54. The first kappa shape index (κ1) is 16.5. The molecule has 0 aromatic heterocycles. The van der Waals surface area contributed by atoms with Crippen LogP contribution in [0, 0.1) is 18.3 Å². The summed E-state index contributed by atoms with van der Waals surface area (Å²) in [7, 11) is 0. The van der Waals surface area contributed by atoms with Crippen LogP contribution in [0.5, 0.6) is 0 Å². The first-order chi connectivity index (χ1) is 9.18. The number of ether oxygens (including phenoxy) is 1. The highest BCUT2D eigenvalue weighted by Gasteiger charge is 2.41. The van der Waals surface area contributed by atoms with Gasteiger partial charge in [-0.15, -0.1) is 12.3 Å². The number of nitrogens with one attached hydrogen (secondary N) is 1. The van der Waals surface area contributed by atoms with E-state index in [0.29, 0.717) is 6.04 Å². The van der Waals surface area contributed by atoms with Crippen molar-refractivity contribution in [2.45, 2.75) is 77.4 Å². The topological polar surface area (TPSA) is 21.3 Å². The molecule has 0 spiro atoms. The molecule has 1 aliphatic rings. The van der Waals surface area contributed by atoms with Crippen molar-refractivity contribution in [2.75, 3.05) is 13.2 Å². The molecule has 2 nitrogen and oxygen atoms in total. The van der Waals surface area contributed by atoms with Crippen LogP contribution in [0.3, 0.4) is 0 Å². The zero-order valence-electron chi connectivity index (χ0n) is 13.0. The SMILES string of the molecule is C#CCCC(NCCC)C1(OCC)CCC(C)CC1. The minimum absolute atomic E-state index is 0.0211. The molecule has 0 saturated heterocycles. The summed E-state index contributed by atoms with van der Waals surface area (Å²) in [6, 6.07) is 0.413. The Labute approximate surface area is 119 Å². The summed E-state index contributed by atoms with van der Waals surface area (Å²) in [6.07, 6.45) is 13.4. The standard InChI is InChI=1S/C17H31NO/c1-5-8-9-16(18-14-6-2)17(19-7-3)12-10-15(4)11-13-17/h1,15-16,18H,6-14H2,2-4H3. The summed E-state index contributed by atoms with van der Waals surface area (Å²) in [5.74, 6) is 3.63. The Bertz CT molecular complexity index is 273. The number of terminal acetylenes is 1. The second-order valence-corrected chi connectivity index (χ2v) is 5.93. The van der Waals surface area contributed by atoms with Gasteiger partial charge in [-0.3, -0.25) is 0 Å². The quantitative estimate of drug-likeness (QED) is 0.675. The van der Waals surface area contributed by atoms with E-state index in [-0.39, 0.29) is 5.60 Å². The molecule has 0 heterocycles. The highest BCUT2D eigenvalue weighted by molar-refractivity contribution is 4.99. The molecule has 1 saturated carbocycles. The summed E-state index contributed by atoms with van der Waals surface area (Å²) in [6.45, 7) is 8.53. The maximum atomic E-state index is 6.24. The minimum Gasteiger partial charge on any atom is -0.374 e. The summed E-state index contributed by atoms with van der Waals surface area (Å²) >= 11 is 0. The van der Waals surface area contributed by atoms with Crippen molar-refractivity contribution in [3.63, 3.8) is 0 Å². The molecule has 1 aliphatic carbocycles. The molecule has 0 aliphatic heterocycles. The lowest BCUT2D eigenvalue weighted by Gasteiger charge is -2.45. The molecule has 110 valence electrons. The fraction of sp³-hybridized carbons (Fsp3) is 0.882. The average molecular weight is 265 g/mol. The fourth-order valence-electron chi connectivity index (χ4n) is 3.23. The van der Waals surface area contributed by atoms with Crippen LogP contribution in [0.15, 0.2) is 0 Å². The third-order valence-corrected chi connectivity index (χ3v) is 4.41. The molecule has 1 N–H and O–H groups in total. The molecular formula is C17H31NO. The normalized spacial score (nSPS) is 28.8. The van der Waals surface area contributed by atoms with Gasteiger partial charge < -0.3 is 10.1 Å². The molecule has 0 radical (unpaired) electrons. The molecule has 1 rings (SSSR count). The minimum atomic E-state index is 0.0211. The first-order valence-corrected chi connectivity index (χ1v) is 7.99. The van der Waals surface area contributed by atoms with Gasteiger partial charge in [0.05, 0.1) is 5.60 Å². The van der Waals surface area contributed by atoms with E-state index in [1.807, 2.05) is 0 Å². The predicted octanol–water partition coefficient (Wildman–Crippen LogP) is 3.75. The van der Waals surface area contributed by atoms with Gasteiger partial charge in [0, 0.05) is 19.1 Å². The van der Waals surface area contributed by atoms with Crippen molar-refractivity contribution >= 4 is 0 Å². The van der Waals surface area contributed by atoms with Gasteiger partial charge in [0.15, 0.2) is 0 Å². The Morgan fingerprint density at radius 3 is 2.58 bits per heavy atom. The predicted molar refractivity (Wildman–Crippen MR) is 82.1 cm³/mol. The van der Waals surface area contributed by atoms with E-state index >= 15 is 0 Å². The summed E-state index contributed by atoms with van der Waals surface area (Å²) in [5.41, 5.74) is 0.0211. The molecule has 1 unspecified atom stereocenters. The number of hydrogen-bond acceptors (Lipinski definition) is 2. The van der Waals surface area contributed by atoms with E-state index in [1.165, 1.54) is 25.7 Å². The van der Waals surface area contributed by atoms with Crippen LogP contribution in [0.25, 0.3) is 0 Å². The Hall–Kier alpha value is -0.520. The second-order valence-electron chi connectivity index (χ2n) is 5.93. The molecule has 0 bridgehead atoms. The zero-order chi connectivity index (χ0) is 14.1. The monoisotopic (exact) mass is 265 g/mol. The average Bonchev–Trinajstić information content (AvgIpc) is 2.42. The Kier molecular flexibility index (Phi) is 7.49. The van der Waals surface area contributed by atoms with Gasteiger partial charge in [0.1, 0.15) is 0 Å². The highest BCUT2D eigenvalue weighted by Crippen LogP contribution is 2.38. The lowest BCUT2D eigenvalue weighted by molar-refractivity contribution is -0.0974. The molecule has 19 heavy (non-hydrogen) atoms. The maximum Gasteiger partial charge on any atom is 0.0835 e. The lowest BCUT2D eigenvalue weighted by atomic mass is 9.74. The largest absolute Gasteiger partial charge is 0.374 e. The van der Waals surface area contributed by atoms with Crippen molar-refractivity contribution in [2.24, 2.45) is 5.92 Å². The molecular weight excluding hydrogens is 234 g/mol. The third kappa shape index (κ3) is 4.82. The van der Waals surface area contributed by atoms with Crippen LogP contribution >= 0.6 is 0 Å². The van der Waals surface area contributed by atoms with Crippen molar-refractivity contribution in [3.05, 3.63) is 0 Å². The Balaban J connectivity index is 2.74. The van der Waals surface area contributed by atoms with Gasteiger partial charge in [-0.05, 0) is 57.9 Å². The van der Waals surface area contributed by atoms with Crippen LogP contribution in [0.4, 0.5) is 0 Å². The van der Waals surface area contributed by atoms with Crippen molar-refractivity contribution < 1.29 is 4.74 Å². The molecule has 0 aromatic carbocycles. The molecule has 2 heteroatoms. The highest BCUT2D eigenvalue weighted by atomic mass is 16.5. The summed E-state index contributed by atoms with van der Waals surface area (Å²) in [5, 5.41) is 3.69. The van der Waals surface area contributed by atoms with Crippen LogP contribution in [-0.4, -0.2) is 24.8 Å². The van der Waals surface area contributed by atoms with Crippen LogP contribution in [0.1, 0.15) is 65.7 Å². The third-order valence-electron chi connectivity index (χ3n) is 4.41. The number of hydrogen-bond donors (Lipinski definition) is 1. The Morgan fingerprint density at radius 1 is 1.37 bits per heavy atom. The maximum absolute atomic E-state index is 6.24. The molecule has 0 aromatic rings. The van der Waals surface area contributed by atoms with E-state index in [1.54, 1.807) is 0 Å². The zero-order valence-corrected chi connectivity index (χ0v) is 13.0. The van der Waals surface area contributed by atoms with Gasteiger partial charge in [-0.2, -0.15) is 0 Å². The van der Waals surface area contributed by atoms with Crippen LogP contribution in [-0.2, 0) is 4.74 Å². The van der Waals surface area contributed by atoms with E-state index in [0.717, 1.165) is 38.3 Å². The first-order valence-electron chi connectivity index (χ1n) is 7.99. The van der Waals surface area contributed by atoms with Crippen molar-refractivity contribution in [1.29, 1.82) is 0 Å². The van der Waals surface area contributed by atoms with Gasteiger partial charge in [0.2, 0.25) is 0 Å². The van der Waals surface area contributed by atoms with Gasteiger partial charge in [-0.1, -0.05) is 13.8 Å². The fourth-order valence-corrected chi connectivity index (χ4v) is 3.23. The smallest absolute Gasteiger partial charge is 0.0835 e.